The first-order chi connectivity index (χ1) is 8.60. The Morgan fingerprint density at radius 2 is 1.94 bits per heavy atom. The zero-order valence-corrected chi connectivity index (χ0v) is 10.7. The fourth-order valence-electron chi connectivity index (χ4n) is 1.58. The van der Waals surface area contributed by atoms with Crippen LogP contribution in [0, 0.1) is 18.3 Å². The highest BCUT2D eigenvalue weighted by molar-refractivity contribution is 5.59. The van der Waals surface area contributed by atoms with Gasteiger partial charge in [0.05, 0.1) is 0 Å². The van der Waals surface area contributed by atoms with E-state index in [1.165, 1.54) is 5.56 Å². The van der Waals surface area contributed by atoms with Crippen LogP contribution < -0.4 is 5.32 Å². The molecule has 2 rings (SSSR count). The third-order valence-electron chi connectivity index (χ3n) is 2.45. The molecule has 4 heteroatoms. The number of aryl methyl sites for hydroxylation is 1. The van der Waals surface area contributed by atoms with E-state index in [2.05, 4.69) is 10.3 Å². The van der Waals surface area contributed by atoms with E-state index in [9.17, 15) is 0 Å². The van der Waals surface area contributed by atoms with Gasteiger partial charge in [-0.05, 0) is 32.9 Å². The number of oxazole rings is 1. The summed E-state index contributed by atoms with van der Waals surface area (Å²) in [6.07, 6.45) is 0. The first-order valence-electron chi connectivity index (χ1n) is 5.84. The molecule has 1 aromatic carbocycles. The first-order valence-corrected chi connectivity index (χ1v) is 5.84. The molecular weight excluding hydrogens is 226 g/mol. The molecule has 0 aliphatic heterocycles. The number of benzene rings is 1. The summed E-state index contributed by atoms with van der Waals surface area (Å²) in [7, 11) is 0. The van der Waals surface area contributed by atoms with Crippen molar-refractivity contribution in [2.24, 2.45) is 0 Å². The predicted octanol–water partition coefficient (Wildman–Crippen LogP) is 3.34. The number of nitriles is 1. The average molecular weight is 241 g/mol. The average Bonchev–Trinajstić information content (AvgIpc) is 2.72. The molecule has 0 spiro atoms. The molecular formula is C14H15N3O. The minimum Gasteiger partial charge on any atom is -0.419 e. The molecule has 0 saturated carbocycles. The minimum atomic E-state index is 0.191. The molecule has 0 radical (unpaired) electrons. The molecule has 1 N–H and O–H groups in total. The second-order valence-corrected chi connectivity index (χ2v) is 4.47. The summed E-state index contributed by atoms with van der Waals surface area (Å²) in [6.45, 7) is 5.98. The lowest BCUT2D eigenvalue weighted by Crippen LogP contribution is -2.09. The maximum atomic E-state index is 9.02. The van der Waals surface area contributed by atoms with Crippen molar-refractivity contribution in [3.8, 4) is 17.5 Å². The second kappa shape index (κ2) is 4.92. The van der Waals surface area contributed by atoms with E-state index in [0.29, 0.717) is 17.5 Å². The Morgan fingerprint density at radius 1 is 1.28 bits per heavy atom. The largest absolute Gasteiger partial charge is 0.419 e. The van der Waals surface area contributed by atoms with Crippen molar-refractivity contribution in [2.75, 3.05) is 5.32 Å². The maximum Gasteiger partial charge on any atom is 0.232 e. The van der Waals surface area contributed by atoms with Crippen LogP contribution in [0.5, 0.6) is 0 Å². The van der Waals surface area contributed by atoms with Gasteiger partial charge in [0.15, 0.2) is 0 Å². The first kappa shape index (κ1) is 12.2. The summed E-state index contributed by atoms with van der Waals surface area (Å²) in [5.41, 5.74) is 2.33. The van der Waals surface area contributed by atoms with E-state index in [1.807, 2.05) is 51.1 Å². The van der Waals surface area contributed by atoms with Crippen molar-refractivity contribution < 1.29 is 4.42 Å². The lowest BCUT2D eigenvalue weighted by Gasteiger charge is -2.05. The third-order valence-corrected chi connectivity index (χ3v) is 2.45. The monoisotopic (exact) mass is 241 g/mol. The van der Waals surface area contributed by atoms with Crippen LogP contribution in [0.4, 0.5) is 5.88 Å². The van der Waals surface area contributed by atoms with E-state index in [1.54, 1.807) is 0 Å². The number of aromatic nitrogens is 1. The van der Waals surface area contributed by atoms with Crippen LogP contribution >= 0.6 is 0 Å². The minimum absolute atomic E-state index is 0.191. The van der Waals surface area contributed by atoms with Gasteiger partial charge in [-0.2, -0.15) is 10.2 Å². The zero-order valence-electron chi connectivity index (χ0n) is 10.7. The van der Waals surface area contributed by atoms with Crippen molar-refractivity contribution >= 4 is 5.88 Å². The lowest BCUT2D eigenvalue weighted by molar-refractivity contribution is 0.579. The smallest absolute Gasteiger partial charge is 0.232 e. The van der Waals surface area contributed by atoms with Crippen LogP contribution in [-0.2, 0) is 0 Å². The van der Waals surface area contributed by atoms with Gasteiger partial charge in [0.1, 0.15) is 6.07 Å². The van der Waals surface area contributed by atoms with E-state index < -0.39 is 0 Å². The van der Waals surface area contributed by atoms with Crippen molar-refractivity contribution in [3.63, 3.8) is 0 Å². The Hall–Kier alpha value is -2.28. The molecule has 4 nitrogen and oxygen atoms in total. The normalized spacial score (nSPS) is 10.4. The highest BCUT2D eigenvalue weighted by Gasteiger charge is 2.14. The summed E-state index contributed by atoms with van der Waals surface area (Å²) in [5, 5.41) is 12.1. The summed E-state index contributed by atoms with van der Waals surface area (Å²) >= 11 is 0. The molecule has 0 aliphatic rings. The summed E-state index contributed by atoms with van der Waals surface area (Å²) in [6, 6.07) is 10.1. The fourth-order valence-corrected chi connectivity index (χ4v) is 1.58. The number of nitrogens with one attached hydrogen (secondary N) is 1. The Balaban J connectivity index is 2.38. The molecule has 1 heterocycles. The number of anilines is 1. The molecule has 0 fully saturated rings. The van der Waals surface area contributed by atoms with Crippen molar-refractivity contribution in [3.05, 3.63) is 35.5 Å². The number of nitrogens with zero attached hydrogens (tertiary/aromatic N) is 2. The van der Waals surface area contributed by atoms with Gasteiger partial charge < -0.3 is 9.73 Å². The van der Waals surface area contributed by atoms with Crippen LogP contribution in [-0.4, -0.2) is 11.0 Å². The highest BCUT2D eigenvalue weighted by atomic mass is 16.4. The van der Waals surface area contributed by atoms with Gasteiger partial charge in [-0.25, -0.2) is 0 Å². The van der Waals surface area contributed by atoms with Crippen molar-refractivity contribution in [1.82, 2.24) is 4.98 Å². The molecule has 18 heavy (non-hydrogen) atoms. The maximum absolute atomic E-state index is 9.02. The summed E-state index contributed by atoms with van der Waals surface area (Å²) in [4.78, 5) is 4.19. The fraction of sp³-hybridized carbons (Fsp3) is 0.286. The Labute approximate surface area is 106 Å². The molecule has 0 saturated heterocycles. The van der Waals surface area contributed by atoms with Crippen LogP contribution in [0.25, 0.3) is 11.5 Å². The zero-order chi connectivity index (χ0) is 13.1. The van der Waals surface area contributed by atoms with Gasteiger partial charge in [-0.15, -0.1) is 0 Å². The Morgan fingerprint density at radius 3 is 2.50 bits per heavy atom. The van der Waals surface area contributed by atoms with Gasteiger partial charge in [0.25, 0.3) is 0 Å². The van der Waals surface area contributed by atoms with Crippen molar-refractivity contribution in [2.45, 2.75) is 26.8 Å². The van der Waals surface area contributed by atoms with Gasteiger partial charge in [-0.1, -0.05) is 17.7 Å². The molecule has 2 aromatic rings. The number of rotatable bonds is 3. The molecule has 0 bridgehead atoms. The van der Waals surface area contributed by atoms with E-state index in [-0.39, 0.29) is 6.04 Å². The highest BCUT2D eigenvalue weighted by Crippen LogP contribution is 2.25. The van der Waals surface area contributed by atoms with Crippen molar-refractivity contribution in [1.29, 1.82) is 5.26 Å². The van der Waals surface area contributed by atoms with Gasteiger partial charge in [0.2, 0.25) is 17.5 Å². The number of hydrogen-bond acceptors (Lipinski definition) is 4. The van der Waals surface area contributed by atoms with Gasteiger partial charge in [-0.3, -0.25) is 0 Å². The molecule has 0 atom stereocenters. The second-order valence-electron chi connectivity index (χ2n) is 4.47. The lowest BCUT2D eigenvalue weighted by atomic mass is 10.1. The molecule has 0 unspecified atom stereocenters. The Bertz CT molecular complexity index is 576. The van der Waals surface area contributed by atoms with Crippen LogP contribution in [0.1, 0.15) is 25.1 Å². The standard InChI is InChI=1S/C14H15N3O/c1-9(2)16-14-12(8-15)17-13(18-14)11-6-4-10(3)5-7-11/h4-7,9,16H,1-3H3. The molecule has 92 valence electrons. The molecule has 1 aromatic heterocycles. The topological polar surface area (TPSA) is 61.9 Å². The van der Waals surface area contributed by atoms with E-state index in [4.69, 9.17) is 9.68 Å². The summed E-state index contributed by atoms with van der Waals surface area (Å²) in [5.74, 6) is 0.901. The van der Waals surface area contributed by atoms with Crippen LogP contribution in [0.3, 0.4) is 0 Å². The Kier molecular flexibility index (Phi) is 3.33. The van der Waals surface area contributed by atoms with E-state index in [0.717, 1.165) is 5.56 Å². The number of hydrogen-bond donors (Lipinski definition) is 1. The van der Waals surface area contributed by atoms with Gasteiger partial charge >= 0.3 is 0 Å². The van der Waals surface area contributed by atoms with E-state index >= 15 is 0 Å². The SMILES string of the molecule is Cc1ccc(-c2nc(C#N)c(NC(C)C)o2)cc1. The van der Waals surface area contributed by atoms with Gasteiger partial charge in [0, 0.05) is 11.6 Å². The summed E-state index contributed by atoms with van der Waals surface area (Å²) < 4.78 is 5.60. The predicted molar refractivity (Wildman–Crippen MR) is 70.1 cm³/mol. The van der Waals surface area contributed by atoms with Crippen LogP contribution in [0.2, 0.25) is 0 Å². The van der Waals surface area contributed by atoms with Crippen LogP contribution in [0.15, 0.2) is 28.7 Å². The quantitative estimate of drug-likeness (QED) is 0.895. The molecule has 0 amide bonds. The third kappa shape index (κ3) is 2.51. The molecule has 0 aliphatic carbocycles.